The summed E-state index contributed by atoms with van der Waals surface area (Å²) in [6.07, 6.45) is 2.19. The number of carbonyl (C=O) groups is 1. The number of aliphatic hydroxyl groups excluding tert-OH is 1. The van der Waals surface area contributed by atoms with Crippen molar-refractivity contribution in [2.24, 2.45) is 0 Å². The molecule has 204 valence electrons. The Bertz CT molecular complexity index is 1570. The molecule has 39 heavy (non-hydrogen) atoms. The first-order valence-corrected chi connectivity index (χ1v) is 13.7. The summed E-state index contributed by atoms with van der Waals surface area (Å²) < 4.78 is 28.8. The third kappa shape index (κ3) is 6.97. The molecule has 1 amide bonds. The number of carbonyl (C=O) groups excluding carboxylic acids is 1. The van der Waals surface area contributed by atoms with Crippen LogP contribution in [0.15, 0.2) is 72.9 Å². The molecule has 1 unspecified atom stereocenters. The maximum absolute atomic E-state index is 13.4. The molecule has 1 saturated heterocycles. The smallest absolute Gasteiger partial charge is 0.308 e. The number of aromatic nitrogens is 1. The normalized spacial score (nSPS) is 15.9. The molecule has 4 aromatic rings. The molecule has 1 aliphatic heterocycles. The van der Waals surface area contributed by atoms with Gasteiger partial charge in [0.25, 0.3) is 5.91 Å². The van der Waals surface area contributed by atoms with Gasteiger partial charge in [0, 0.05) is 38.3 Å². The van der Waals surface area contributed by atoms with Crippen molar-refractivity contribution in [3.8, 4) is 5.75 Å². The number of benzene rings is 3. The standard InChI is InChI=1S/C29H31N3O3.HNO2S/c1-20-12-13-27(29-23(20)11-6-15-30-29)35-19-28(34)31(2)26(18-32-16-14-22(33)17-32)25-10-5-8-21-7-3-4-9-24(21)25;1-4(2)3/h3-13,15,22,26,33H,14,16-19H2,1-2H3;1H/t22-,26?;/m0./s1. The highest BCUT2D eigenvalue weighted by Gasteiger charge is 2.29. The molecule has 1 fully saturated rings. The number of hydrogen-bond acceptors (Lipinski definition) is 8. The Morgan fingerprint density at radius 3 is 2.59 bits per heavy atom. The Labute approximate surface area is 229 Å². The van der Waals surface area contributed by atoms with Gasteiger partial charge in [0.2, 0.25) is 0 Å². The molecule has 0 aliphatic carbocycles. The highest BCUT2D eigenvalue weighted by molar-refractivity contribution is 7.60. The Morgan fingerprint density at radius 2 is 1.85 bits per heavy atom. The molecule has 2 N–H and O–H groups in total. The largest absolute Gasteiger partial charge is 0.481 e. The highest BCUT2D eigenvalue weighted by Crippen LogP contribution is 2.30. The monoisotopic (exact) mass is 548 g/mol. The first kappa shape index (κ1) is 28.2. The van der Waals surface area contributed by atoms with Gasteiger partial charge in [-0.05, 0) is 47.4 Å². The molecule has 1 aliphatic rings. The minimum atomic E-state index is -2.61. The molecule has 2 heterocycles. The first-order valence-electron chi connectivity index (χ1n) is 12.7. The number of pyridine rings is 1. The molecule has 0 radical (unpaired) electrons. The van der Waals surface area contributed by atoms with Gasteiger partial charge in [0.05, 0.1) is 12.1 Å². The van der Waals surface area contributed by atoms with E-state index in [1.54, 1.807) is 11.1 Å². The fourth-order valence-electron chi connectivity index (χ4n) is 5.01. The number of aliphatic hydroxyl groups is 1. The Morgan fingerprint density at radius 1 is 1.13 bits per heavy atom. The van der Waals surface area contributed by atoms with Crippen LogP contribution in [-0.4, -0.2) is 73.6 Å². The molecule has 0 spiro atoms. The van der Waals surface area contributed by atoms with E-state index < -0.39 is 10.5 Å². The number of likely N-dealkylation sites (N-methyl/N-ethyl adjacent to an activating group) is 1. The van der Waals surface area contributed by atoms with Crippen LogP contribution in [0, 0.1) is 11.7 Å². The van der Waals surface area contributed by atoms with Crippen LogP contribution in [0.25, 0.3) is 21.7 Å². The van der Waals surface area contributed by atoms with Crippen molar-refractivity contribution in [3.63, 3.8) is 0 Å². The summed E-state index contributed by atoms with van der Waals surface area (Å²) in [5, 5.41) is 13.4. The van der Waals surface area contributed by atoms with E-state index in [0.29, 0.717) is 18.8 Å². The van der Waals surface area contributed by atoms with E-state index in [1.807, 2.05) is 56.4 Å². The number of likely N-dealkylation sites (tertiary alicyclic amines) is 1. The summed E-state index contributed by atoms with van der Waals surface area (Å²) in [4.78, 5) is 21.9. The molecular weight excluding hydrogens is 516 g/mol. The maximum atomic E-state index is 13.4. The molecule has 3 aromatic carbocycles. The Hall–Kier alpha value is -3.86. The lowest BCUT2D eigenvalue weighted by Gasteiger charge is -2.33. The van der Waals surface area contributed by atoms with Gasteiger partial charge < -0.3 is 14.7 Å². The van der Waals surface area contributed by atoms with Crippen LogP contribution in [0.2, 0.25) is 0 Å². The van der Waals surface area contributed by atoms with Gasteiger partial charge in [0.1, 0.15) is 11.3 Å². The van der Waals surface area contributed by atoms with E-state index in [2.05, 4.69) is 34.1 Å². The third-order valence-electron chi connectivity index (χ3n) is 7.02. The molecule has 0 bridgehead atoms. The summed E-state index contributed by atoms with van der Waals surface area (Å²) in [5.74, 6) is 0.504. The second kappa shape index (κ2) is 12.8. The number of β-amino-alcohol motifs (C(OH)–C–C–N with tert-alkyl or cyclic N) is 1. The number of aryl methyl sites for hydroxylation is 1. The van der Waals surface area contributed by atoms with Crippen molar-refractivity contribution in [1.82, 2.24) is 14.8 Å². The van der Waals surface area contributed by atoms with Gasteiger partial charge in [-0.3, -0.25) is 14.7 Å². The van der Waals surface area contributed by atoms with Crippen molar-refractivity contribution in [1.29, 1.82) is 4.78 Å². The number of nitrogens with one attached hydrogen (secondary N) is 1. The predicted molar refractivity (Wildman–Crippen MR) is 150 cm³/mol. The van der Waals surface area contributed by atoms with Gasteiger partial charge in [0.15, 0.2) is 6.61 Å². The number of nitrogens with zero attached hydrogens (tertiary/aromatic N) is 3. The molecule has 10 heteroatoms. The second-order valence-corrected chi connectivity index (χ2v) is 10.1. The number of fused-ring (bicyclic) bond motifs is 2. The van der Waals surface area contributed by atoms with E-state index in [4.69, 9.17) is 17.9 Å². The van der Waals surface area contributed by atoms with Crippen molar-refractivity contribution in [2.45, 2.75) is 25.5 Å². The maximum Gasteiger partial charge on any atom is 0.308 e. The fraction of sp³-hybridized carbons (Fsp3) is 0.310. The van der Waals surface area contributed by atoms with Crippen LogP contribution in [0.1, 0.15) is 23.6 Å². The number of ether oxygens (including phenoxy) is 1. The average molecular weight is 549 g/mol. The van der Waals surface area contributed by atoms with Crippen molar-refractivity contribution in [2.75, 3.05) is 33.3 Å². The number of rotatable bonds is 7. The summed E-state index contributed by atoms with van der Waals surface area (Å²) in [6, 6.07) is 22.1. The average Bonchev–Trinajstić information content (AvgIpc) is 3.35. The van der Waals surface area contributed by atoms with Crippen molar-refractivity contribution >= 4 is 38.1 Å². The number of amides is 1. The summed E-state index contributed by atoms with van der Waals surface area (Å²) in [6.45, 7) is 4.07. The minimum Gasteiger partial charge on any atom is -0.481 e. The molecule has 5 rings (SSSR count). The first-order chi connectivity index (χ1) is 18.7. The van der Waals surface area contributed by atoms with Crippen LogP contribution < -0.4 is 4.74 Å². The quantitative estimate of drug-likeness (QED) is 0.358. The lowest BCUT2D eigenvalue weighted by Crippen LogP contribution is -2.41. The van der Waals surface area contributed by atoms with Crippen LogP contribution in [-0.2, 0) is 15.3 Å². The summed E-state index contributed by atoms with van der Waals surface area (Å²) in [7, 11) is -0.768. The van der Waals surface area contributed by atoms with E-state index in [0.717, 1.165) is 45.8 Å². The van der Waals surface area contributed by atoms with Crippen LogP contribution in [0.3, 0.4) is 0 Å². The van der Waals surface area contributed by atoms with Gasteiger partial charge >= 0.3 is 10.5 Å². The number of hydrogen-bond donors (Lipinski definition) is 2. The molecular formula is C29H32N4O5S. The summed E-state index contributed by atoms with van der Waals surface area (Å²) in [5.41, 5.74) is 2.98. The van der Waals surface area contributed by atoms with Crippen molar-refractivity contribution < 1.29 is 23.1 Å². The van der Waals surface area contributed by atoms with Gasteiger partial charge in [-0.25, -0.2) is 0 Å². The van der Waals surface area contributed by atoms with Gasteiger partial charge in [-0.1, -0.05) is 54.6 Å². The van der Waals surface area contributed by atoms with Gasteiger partial charge in [-0.2, -0.15) is 13.2 Å². The lowest BCUT2D eigenvalue weighted by atomic mass is 9.97. The molecule has 9 nitrogen and oxygen atoms in total. The highest BCUT2D eigenvalue weighted by atomic mass is 32.2. The molecule has 1 aromatic heterocycles. The molecule has 0 saturated carbocycles. The van der Waals surface area contributed by atoms with E-state index >= 15 is 0 Å². The fourth-order valence-corrected chi connectivity index (χ4v) is 5.01. The van der Waals surface area contributed by atoms with Crippen molar-refractivity contribution in [3.05, 3.63) is 84.1 Å². The van der Waals surface area contributed by atoms with Crippen LogP contribution in [0.4, 0.5) is 0 Å². The topological polar surface area (TPSA) is 124 Å². The van der Waals surface area contributed by atoms with Gasteiger partial charge in [-0.15, -0.1) is 0 Å². The zero-order valence-corrected chi connectivity index (χ0v) is 22.8. The van der Waals surface area contributed by atoms with Crippen LogP contribution in [0.5, 0.6) is 5.75 Å². The zero-order chi connectivity index (χ0) is 27.9. The minimum absolute atomic E-state index is 0.0743. The zero-order valence-electron chi connectivity index (χ0n) is 21.9. The Balaban J connectivity index is 0.000000826. The predicted octanol–water partition coefficient (Wildman–Crippen LogP) is 3.97. The van der Waals surface area contributed by atoms with E-state index in [-0.39, 0.29) is 24.7 Å². The summed E-state index contributed by atoms with van der Waals surface area (Å²) >= 11 is 0. The Kier molecular flexibility index (Phi) is 9.23. The van der Waals surface area contributed by atoms with E-state index in [1.165, 1.54) is 0 Å². The molecule has 2 atom stereocenters. The third-order valence-corrected chi connectivity index (χ3v) is 7.02. The second-order valence-electron chi connectivity index (χ2n) is 9.59. The van der Waals surface area contributed by atoms with E-state index in [9.17, 15) is 9.90 Å². The SMILES string of the molecule is Cc1ccc(OCC(=O)N(C)C(CN2CC[C@H](O)C2)c2cccc3ccccc23)c2ncccc12.N=S(=O)=O. The van der Waals surface area contributed by atoms with Crippen LogP contribution >= 0.6 is 0 Å². The lowest BCUT2D eigenvalue weighted by molar-refractivity contribution is -0.134.